The van der Waals surface area contributed by atoms with Crippen LogP contribution in [0, 0.1) is 20.8 Å². The van der Waals surface area contributed by atoms with Crippen molar-refractivity contribution in [1.29, 1.82) is 0 Å². The average molecular weight is 236 g/mol. The Hall–Kier alpha value is -1.51. The SMILES string of the molecule is COC(=O)CCCOc1cc(C)cc(C)c1C. The fourth-order valence-corrected chi connectivity index (χ4v) is 1.65. The Morgan fingerprint density at radius 3 is 2.59 bits per heavy atom. The van der Waals surface area contributed by atoms with Crippen LogP contribution in [0.15, 0.2) is 12.1 Å². The Morgan fingerprint density at radius 1 is 1.24 bits per heavy atom. The van der Waals surface area contributed by atoms with E-state index in [9.17, 15) is 4.79 Å². The number of hydrogen-bond donors (Lipinski definition) is 0. The van der Waals surface area contributed by atoms with Gasteiger partial charge in [0.1, 0.15) is 5.75 Å². The quantitative estimate of drug-likeness (QED) is 0.582. The topological polar surface area (TPSA) is 35.5 Å². The summed E-state index contributed by atoms with van der Waals surface area (Å²) in [7, 11) is 1.40. The van der Waals surface area contributed by atoms with Crippen molar-refractivity contribution < 1.29 is 14.3 Å². The van der Waals surface area contributed by atoms with Gasteiger partial charge in [-0.15, -0.1) is 0 Å². The Bertz CT molecular complexity index is 397. The van der Waals surface area contributed by atoms with Crippen LogP contribution in [0.4, 0.5) is 0 Å². The first kappa shape index (κ1) is 13.6. The molecule has 1 aromatic carbocycles. The van der Waals surface area contributed by atoms with Crippen LogP contribution >= 0.6 is 0 Å². The smallest absolute Gasteiger partial charge is 0.305 e. The molecule has 0 saturated heterocycles. The molecule has 0 atom stereocenters. The number of benzene rings is 1. The molecule has 0 unspecified atom stereocenters. The van der Waals surface area contributed by atoms with Crippen molar-refractivity contribution in [1.82, 2.24) is 0 Å². The van der Waals surface area contributed by atoms with E-state index in [0.29, 0.717) is 19.4 Å². The minimum Gasteiger partial charge on any atom is -0.493 e. The second-order valence-corrected chi connectivity index (χ2v) is 4.23. The van der Waals surface area contributed by atoms with Crippen LogP contribution in [-0.4, -0.2) is 19.7 Å². The van der Waals surface area contributed by atoms with E-state index in [-0.39, 0.29) is 5.97 Å². The lowest BCUT2D eigenvalue weighted by atomic mass is 10.1. The highest BCUT2D eigenvalue weighted by molar-refractivity contribution is 5.69. The number of aryl methyl sites for hydroxylation is 2. The lowest BCUT2D eigenvalue weighted by Crippen LogP contribution is -2.05. The molecule has 0 N–H and O–H groups in total. The molecule has 0 aliphatic rings. The largest absolute Gasteiger partial charge is 0.493 e. The van der Waals surface area contributed by atoms with Gasteiger partial charge in [0.2, 0.25) is 0 Å². The molecule has 0 bridgehead atoms. The summed E-state index contributed by atoms with van der Waals surface area (Å²) >= 11 is 0. The summed E-state index contributed by atoms with van der Waals surface area (Å²) in [4.78, 5) is 10.9. The van der Waals surface area contributed by atoms with Crippen LogP contribution in [0.25, 0.3) is 0 Å². The van der Waals surface area contributed by atoms with Gasteiger partial charge < -0.3 is 9.47 Å². The van der Waals surface area contributed by atoms with E-state index < -0.39 is 0 Å². The summed E-state index contributed by atoms with van der Waals surface area (Å²) in [6, 6.07) is 4.16. The van der Waals surface area contributed by atoms with Crippen LogP contribution in [0.1, 0.15) is 29.5 Å². The molecular weight excluding hydrogens is 216 g/mol. The van der Waals surface area contributed by atoms with Crippen LogP contribution in [-0.2, 0) is 9.53 Å². The van der Waals surface area contributed by atoms with E-state index in [2.05, 4.69) is 17.7 Å². The number of carbonyl (C=O) groups is 1. The molecule has 3 heteroatoms. The van der Waals surface area contributed by atoms with Crippen molar-refractivity contribution in [3.63, 3.8) is 0 Å². The zero-order valence-corrected chi connectivity index (χ0v) is 11.0. The summed E-state index contributed by atoms with van der Waals surface area (Å²) in [6.07, 6.45) is 1.08. The maximum atomic E-state index is 10.9. The van der Waals surface area contributed by atoms with Crippen LogP contribution < -0.4 is 4.74 Å². The first-order valence-electron chi connectivity index (χ1n) is 5.82. The van der Waals surface area contributed by atoms with E-state index in [1.54, 1.807) is 0 Å². The van der Waals surface area contributed by atoms with E-state index >= 15 is 0 Å². The van der Waals surface area contributed by atoms with Crippen LogP contribution in [0.5, 0.6) is 5.75 Å². The Labute approximate surface area is 103 Å². The highest BCUT2D eigenvalue weighted by Gasteiger charge is 2.05. The average Bonchev–Trinajstić information content (AvgIpc) is 2.30. The Kier molecular flexibility index (Phi) is 5.01. The van der Waals surface area contributed by atoms with Gasteiger partial charge in [-0.1, -0.05) is 6.07 Å². The number of carbonyl (C=O) groups excluding carboxylic acids is 1. The highest BCUT2D eigenvalue weighted by Crippen LogP contribution is 2.23. The van der Waals surface area contributed by atoms with E-state index in [1.807, 2.05) is 19.9 Å². The first-order valence-corrected chi connectivity index (χ1v) is 5.82. The molecule has 0 aliphatic heterocycles. The number of methoxy groups -OCH3 is 1. The molecule has 0 saturated carbocycles. The van der Waals surface area contributed by atoms with Crippen molar-refractivity contribution in [3.8, 4) is 5.75 Å². The summed E-state index contributed by atoms with van der Waals surface area (Å²) in [5.41, 5.74) is 3.58. The molecule has 0 aromatic heterocycles. The van der Waals surface area contributed by atoms with Gasteiger partial charge in [0.25, 0.3) is 0 Å². The standard InChI is InChI=1S/C14H20O3/c1-10-8-11(2)12(3)13(9-10)17-7-5-6-14(15)16-4/h8-9H,5-7H2,1-4H3. The first-order chi connectivity index (χ1) is 8.04. The van der Waals surface area contributed by atoms with Gasteiger partial charge in [-0.25, -0.2) is 0 Å². The van der Waals surface area contributed by atoms with Crippen LogP contribution in [0.3, 0.4) is 0 Å². The van der Waals surface area contributed by atoms with E-state index in [4.69, 9.17) is 4.74 Å². The van der Waals surface area contributed by atoms with Crippen molar-refractivity contribution in [2.24, 2.45) is 0 Å². The summed E-state index contributed by atoms with van der Waals surface area (Å²) < 4.78 is 10.3. The summed E-state index contributed by atoms with van der Waals surface area (Å²) in [5.74, 6) is 0.720. The van der Waals surface area contributed by atoms with Gasteiger partial charge in [-0.2, -0.15) is 0 Å². The molecule has 0 amide bonds. The molecule has 17 heavy (non-hydrogen) atoms. The van der Waals surface area contributed by atoms with E-state index in [1.165, 1.54) is 18.2 Å². The predicted octanol–water partition coefficient (Wildman–Crippen LogP) is 2.94. The number of rotatable bonds is 5. The Morgan fingerprint density at radius 2 is 1.94 bits per heavy atom. The number of ether oxygens (including phenoxy) is 2. The fourth-order valence-electron chi connectivity index (χ4n) is 1.65. The van der Waals surface area contributed by atoms with E-state index in [0.717, 1.165) is 11.3 Å². The second-order valence-electron chi connectivity index (χ2n) is 4.23. The normalized spacial score (nSPS) is 10.1. The minimum absolute atomic E-state index is 0.189. The zero-order chi connectivity index (χ0) is 12.8. The molecule has 0 spiro atoms. The van der Waals surface area contributed by atoms with Gasteiger partial charge in [-0.3, -0.25) is 4.79 Å². The highest BCUT2D eigenvalue weighted by atomic mass is 16.5. The van der Waals surface area contributed by atoms with Gasteiger partial charge >= 0.3 is 5.97 Å². The number of hydrogen-bond acceptors (Lipinski definition) is 3. The maximum Gasteiger partial charge on any atom is 0.305 e. The second kappa shape index (κ2) is 6.28. The number of esters is 1. The molecule has 0 aliphatic carbocycles. The molecule has 0 fully saturated rings. The minimum atomic E-state index is -0.189. The predicted molar refractivity (Wildman–Crippen MR) is 67.4 cm³/mol. The molecule has 0 heterocycles. The maximum absolute atomic E-state index is 10.9. The lowest BCUT2D eigenvalue weighted by molar-refractivity contribution is -0.140. The van der Waals surface area contributed by atoms with Crippen molar-refractivity contribution in [2.45, 2.75) is 33.6 Å². The summed E-state index contributed by atoms with van der Waals surface area (Å²) in [5, 5.41) is 0. The molecule has 1 rings (SSSR count). The molecule has 1 aromatic rings. The Balaban J connectivity index is 2.49. The fraction of sp³-hybridized carbons (Fsp3) is 0.500. The van der Waals surface area contributed by atoms with Crippen molar-refractivity contribution in [2.75, 3.05) is 13.7 Å². The van der Waals surface area contributed by atoms with Gasteiger partial charge in [0.15, 0.2) is 0 Å². The van der Waals surface area contributed by atoms with Gasteiger partial charge in [0, 0.05) is 6.42 Å². The summed E-state index contributed by atoms with van der Waals surface area (Å²) in [6.45, 7) is 6.71. The zero-order valence-electron chi connectivity index (χ0n) is 11.0. The molecular formula is C14H20O3. The molecule has 0 radical (unpaired) electrons. The third-order valence-electron chi connectivity index (χ3n) is 2.77. The third-order valence-corrected chi connectivity index (χ3v) is 2.77. The van der Waals surface area contributed by atoms with Crippen molar-refractivity contribution in [3.05, 3.63) is 28.8 Å². The third kappa shape index (κ3) is 4.10. The van der Waals surface area contributed by atoms with Gasteiger partial charge in [-0.05, 0) is 49.9 Å². The van der Waals surface area contributed by atoms with Crippen LogP contribution in [0.2, 0.25) is 0 Å². The molecule has 3 nitrogen and oxygen atoms in total. The van der Waals surface area contributed by atoms with Crippen molar-refractivity contribution >= 4 is 5.97 Å². The monoisotopic (exact) mass is 236 g/mol. The van der Waals surface area contributed by atoms with Gasteiger partial charge in [0.05, 0.1) is 13.7 Å². The lowest BCUT2D eigenvalue weighted by Gasteiger charge is -2.12. The molecule has 94 valence electrons.